The summed E-state index contributed by atoms with van der Waals surface area (Å²) in [6.45, 7) is 4.68. The van der Waals surface area contributed by atoms with Crippen LogP contribution in [0.2, 0.25) is 0 Å². The molecule has 3 aliphatic rings. The Morgan fingerprint density at radius 3 is 2.84 bits per heavy atom. The predicted molar refractivity (Wildman–Crippen MR) is 71.4 cm³/mol. The Hall–Kier alpha value is -1.55. The average Bonchev–Trinajstić information content (AvgIpc) is 3.11. The molecule has 2 saturated heterocycles. The predicted octanol–water partition coefficient (Wildman–Crippen LogP) is 0.913. The van der Waals surface area contributed by atoms with Crippen LogP contribution in [0.5, 0.6) is 5.75 Å². The van der Waals surface area contributed by atoms with Crippen molar-refractivity contribution in [1.29, 1.82) is 0 Å². The number of carbonyl (C=O) groups is 1. The fourth-order valence-electron chi connectivity index (χ4n) is 3.52. The van der Waals surface area contributed by atoms with Crippen LogP contribution >= 0.6 is 0 Å². The summed E-state index contributed by atoms with van der Waals surface area (Å²) in [6, 6.07) is 5.85. The lowest BCUT2D eigenvalue weighted by Crippen LogP contribution is -2.31. The van der Waals surface area contributed by atoms with E-state index in [1.807, 2.05) is 23.1 Å². The van der Waals surface area contributed by atoms with Crippen LogP contribution in [-0.4, -0.2) is 43.6 Å². The molecule has 4 heteroatoms. The van der Waals surface area contributed by atoms with Gasteiger partial charge in [0.1, 0.15) is 5.75 Å². The van der Waals surface area contributed by atoms with E-state index >= 15 is 0 Å². The molecule has 0 saturated carbocycles. The van der Waals surface area contributed by atoms with Crippen molar-refractivity contribution in [1.82, 2.24) is 10.2 Å². The Labute approximate surface area is 112 Å². The lowest BCUT2D eigenvalue weighted by Gasteiger charge is -2.17. The van der Waals surface area contributed by atoms with Gasteiger partial charge in [-0.1, -0.05) is 0 Å². The second-order valence-corrected chi connectivity index (χ2v) is 5.81. The van der Waals surface area contributed by atoms with Gasteiger partial charge in [-0.15, -0.1) is 0 Å². The summed E-state index contributed by atoms with van der Waals surface area (Å²) in [5, 5.41) is 3.40. The van der Waals surface area contributed by atoms with Gasteiger partial charge in [0.25, 0.3) is 5.91 Å². The third-order valence-electron chi connectivity index (χ3n) is 4.61. The summed E-state index contributed by atoms with van der Waals surface area (Å²) in [6.07, 6.45) is 0.922. The highest BCUT2D eigenvalue weighted by Crippen LogP contribution is 2.30. The van der Waals surface area contributed by atoms with Gasteiger partial charge in [0.05, 0.1) is 6.61 Å². The summed E-state index contributed by atoms with van der Waals surface area (Å²) in [4.78, 5) is 14.6. The van der Waals surface area contributed by atoms with E-state index in [1.54, 1.807) is 0 Å². The molecule has 4 nitrogen and oxygen atoms in total. The van der Waals surface area contributed by atoms with Crippen LogP contribution in [0.3, 0.4) is 0 Å². The molecule has 0 bridgehead atoms. The monoisotopic (exact) mass is 258 g/mol. The number of fused-ring (bicyclic) bond motifs is 2. The molecule has 3 aliphatic heterocycles. The molecular formula is C15H18N2O2. The van der Waals surface area contributed by atoms with Crippen molar-refractivity contribution in [2.75, 3.05) is 32.8 Å². The molecule has 2 fully saturated rings. The zero-order valence-corrected chi connectivity index (χ0v) is 10.9. The molecule has 0 aliphatic carbocycles. The van der Waals surface area contributed by atoms with Crippen molar-refractivity contribution in [3.63, 3.8) is 0 Å². The lowest BCUT2D eigenvalue weighted by molar-refractivity contribution is 0.0781. The SMILES string of the molecule is O=C(c1ccc2c(c1)CCO2)N1CC2CNCC2C1. The molecule has 19 heavy (non-hydrogen) atoms. The van der Waals surface area contributed by atoms with Crippen LogP contribution in [0.15, 0.2) is 18.2 Å². The van der Waals surface area contributed by atoms with Crippen LogP contribution in [-0.2, 0) is 6.42 Å². The Kier molecular flexibility index (Phi) is 2.52. The maximum atomic E-state index is 12.5. The number of nitrogens with zero attached hydrogens (tertiary/aromatic N) is 1. The third-order valence-corrected chi connectivity index (χ3v) is 4.61. The first-order valence-electron chi connectivity index (χ1n) is 7.07. The van der Waals surface area contributed by atoms with Crippen molar-refractivity contribution in [2.45, 2.75) is 6.42 Å². The largest absolute Gasteiger partial charge is 0.493 e. The molecule has 0 aromatic heterocycles. The normalized spacial score (nSPS) is 28.1. The Morgan fingerprint density at radius 2 is 2.05 bits per heavy atom. The molecule has 2 unspecified atom stereocenters. The minimum absolute atomic E-state index is 0.184. The molecule has 1 amide bonds. The Balaban J connectivity index is 1.54. The van der Waals surface area contributed by atoms with Crippen molar-refractivity contribution in [2.24, 2.45) is 11.8 Å². The first kappa shape index (κ1) is 11.3. The van der Waals surface area contributed by atoms with Gasteiger partial charge in [0.2, 0.25) is 0 Å². The summed E-state index contributed by atoms with van der Waals surface area (Å²) in [5.41, 5.74) is 1.99. The lowest BCUT2D eigenvalue weighted by atomic mass is 10.0. The van der Waals surface area contributed by atoms with E-state index in [4.69, 9.17) is 4.74 Å². The van der Waals surface area contributed by atoms with E-state index in [0.29, 0.717) is 11.8 Å². The molecule has 1 N–H and O–H groups in total. The zero-order chi connectivity index (χ0) is 12.8. The van der Waals surface area contributed by atoms with Crippen molar-refractivity contribution < 1.29 is 9.53 Å². The maximum Gasteiger partial charge on any atom is 0.253 e. The van der Waals surface area contributed by atoms with E-state index < -0.39 is 0 Å². The number of hydrogen-bond acceptors (Lipinski definition) is 3. The first-order chi connectivity index (χ1) is 9.31. The van der Waals surface area contributed by atoms with Gasteiger partial charge in [-0.05, 0) is 35.6 Å². The van der Waals surface area contributed by atoms with Crippen molar-refractivity contribution in [3.05, 3.63) is 29.3 Å². The van der Waals surface area contributed by atoms with Crippen LogP contribution < -0.4 is 10.1 Å². The molecule has 0 radical (unpaired) electrons. The average molecular weight is 258 g/mol. The molecule has 3 heterocycles. The Bertz CT molecular complexity index is 517. The van der Waals surface area contributed by atoms with Crippen LogP contribution in [0, 0.1) is 11.8 Å². The van der Waals surface area contributed by atoms with Crippen LogP contribution in [0.1, 0.15) is 15.9 Å². The highest BCUT2D eigenvalue weighted by atomic mass is 16.5. The van der Waals surface area contributed by atoms with E-state index in [2.05, 4.69) is 5.32 Å². The molecule has 1 aromatic rings. The van der Waals surface area contributed by atoms with Gasteiger partial charge in [0.15, 0.2) is 0 Å². The molecule has 4 rings (SSSR count). The Morgan fingerprint density at radius 1 is 1.26 bits per heavy atom. The summed E-state index contributed by atoms with van der Waals surface area (Å²) in [7, 11) is 0. The van der Waals surface area contributed by atoms with Crippen molar-refractivity contribution in [3.8, 4) is 5.75 Å². The van der Waals surface area contributed by atoms with Crippen LogP contribution in [0.4, 0.5) is 0 Å². The van der Waals surface area contributed by atoms with E-state index in [1.165, 1.54) is 5.56 Å². The van der Waals surface area contributed by atoms with Crippen LogP contribution in [0.25, 0.3) is 0 Å². The molecular weight excluding hydrogens is 240 g/mol. The fraction of sp³-hybridized carbons (Fsp3) is 0.533. The van der Waals surface area contributed by atoms with Gasteiger partial charge < -0.3 is 15.0 Å². The number of nitrogens with one attached hydrogen (secondary N) is 1. The van der Waals surface area contributed by atoms with E-state index in [9.17, 15) is 4.79 Å². The van der Waals surface area contributed by atoms with Gasteiger partial charge in [-0.25, -0.2) is 0 Å². The minimum atomic E-state index is 0.184. The first-order valence-corrected chi connectivity index (χ1v) is 7.07. The van der Waals surface area contributed by atoms with E-state index in [-0.39, 0.29) is 5.91 Å². The third kappa shape index (κ3) is 1.82. The van der Waals surface area contributed by atoms with Gasteiger partial charge in [-0.2, -0.15) is 0 Å². The summed E-state index contributed by atoms with van der Waals surface area (Å²) < 4.78 is 5.49. The number of benzene rings is 1. The second kappa shape index (κ2) is 4.23. The number of rotatable bonds is 1. The highest BCUT2D eigenvalue weighted by molar-refractivity contribution is 5.95. The number of hydrogen-bond donors (Lipinski definition) is 1. The summed E-state index contributed by atoms with van der Waals surface area (Å²) >= 11 is 0. The number of carbonyl (C=O) groups excluding carboxylic acids is 1. The smallest absolute Gasteiger partial charge is 0.253 e. The number of ether oxygens (including phenoxy) is 1. The highest BCUT2D eigenvalue weighted by Gasteiger charge is 2.38. The minimum Gasteiger partial charge on any atom is -0.493 e. The number of likely N-dealkylation sites (tertiary alicyclic amines) is 1. The summed E-state index contributed by atoms with van der Waals surface area (Å²) in [5.74, 6) is 2.44. The zero-order valence-electron chi connectivity index (χ0n) is 10.9. The number of amides is 1. The molecule has 100 valence electrons. The molecule has 2 atom stereocenters. The van der Waals surface area contributed by atoms with E-state index in [0.717, 1.165) is 50.5 Å². The quantitative estimate of drug-likeness (QED) is 0.814. The molecule has 0 spiro atoms. The topological polar surface area (TPSA) is 41.6 Å². The van der Waals surface area contributed by atoms with Crippen molar-refractivity contribution >= 4 is 5.91 Å². The second-order valence-electron chi connectivity index (χ2n) is 5.81. The van der Waals surface area contributed by atoms with Gasteiger partial charge >= 0.3 is 0 Å². The standard InChI is InChI=1S/C15H18N2O2/c18-15(17-8-12-6-16-7-13(12)9-17)11-1-2-14-10(5-11)3-4-19-14/h1-2,5,12-13,16H,3-4,6-9H2. The molecule has 1 aromatic carbocycles. The maximum absolute atomic E-state index is 12.5. The van der Waals surface area contributed by atoms with Gasteiger partial charge in [-0.3, -0.25) is 4.79 Å². The van der Waals surface area contributed by atoms with Gasteiger partial charge in [0, 0.05) is 38.2 Å². The fourth-order valence-corrected chi connectivity index (χ4v) is 3.52.